The van der Waals surface area contributed by atoms with Gasteiger partial charge in [0.2, 0.25) is 0 Å². The zero-order valence-corrected chi connectivity index (χ0v) is 9.78. The van der Waals surface area contributed by atoms with Gasteiger partial charge in [-0.15, -0.1) is 0 Å². The van der Waals surface area contributed by atoms with Crippen LogP contribution in [0.4, 0.5) is 0 Å². The molecule has 2 rings (SSSR count). The first kappa shape index (κ1) is 14.1. The molecule has 2 aliphatic rings. The van der Waals surface area contributed by atoms with E-state index in [-0.39, 0.29) is 6.54 Å². The summed E-state index contributed by atoms with van der Waals surface area (Å²) in [4.78, 5) is 6.15. The second-order valence-corrected chi connectivity index (χ2v) is 4.14. The maximum Gasteiger partial charge on any atom is 0.170 e. The first-order valence-electron chi connectivity index (χ1n) is 5.70. The van der Waals surface area contributed by atoms with Crippen molar-refractivity contribution in [1.82, 2.24) is 4.90 Å². The summed E-state index contributed by atoms with van der Waals surface area (Å²) in [6.45, 7) is 2.74. The summed E-state index contributed by atoms with van der Waals surface area (Å²) in [5.41, 5.74) is 0. The second-order valence-electron chi connectivity index (χ2n) is 4.14. The molecule has 0 aromatic heterocycles. The van der Waals surface area contributed by atoms with Crippen LogP contribution in [0.25, 0.3) is 0 Å². The lowest BCUT2D eigenvalue weighted by Crippen LogP contribution is -2.49. The molecule has 2 fully saturated rings. The zero-order chi connectivity index (χ0) is 12.8. The molecule has 1 atom stereocenters. The summed E-state index contributed by atoms with van der Waals surface area (Å²) < 4.78 is 11.1. The van der Waals surface area contributed by atoms with Crippen LogP contribution in [-0.4, -0.2) is 55.1 Å². The van der Waals surface area contributed by atoms with Crippen LogP contribution in [0.2, 0.25) is 0 Å². The normalized spacial score (nSPS) is 25.7. The number of rotatable bonds is 6. The molecule has 0 aromatic carbocycles. The highest BCUT2D eigenvalue weighted by Gasteiger charge is 2.39. The molecular weight excluding hydrogens is 250 g/mol. The number of nitrogens with zero attached hydrogens (tertiary/aromatic N) is 1. The van der Waals surface area contributed by atoms with Gasteiger partial charge in [-0.3, -0.25) is 0 Å². The Bertz CT molecular complexity index is 237. The fraction of sp³-hybridized carbons (Fsp3) is 1.00. The second kappa shape index (κ2) is 6.70. The van der Waals surface area contributed by atoms with Crippen molar-refractivity contribution in [2.75, 3.05) is 32.8 Å². The summed E-state index contributed by atoms with van der Waals surface area (Å²) in [5.74, 6) is -0.458. The molecule has 0 aliphatic carbocycles. The topological polar surface area (TPSA) is 102 Å². The summed E-state index contributed by atoms with van der Waals surface area (Å²) >= 11 is 0. The Hall–Kier alpha value is -0.360. The molecule has 9 heteroatoms. The molecule has 18 heavy (non-hydrogen) atoms. The van der Waals surface area contributed by atoms with Crippen LogP contribution >= 0.6 is 0 Å². The van der Waals surface area contributed by atoms with Crippen molar-refractivity contribution < 1.29 is 39.8 Å². The molecule has 1 spiro atoms. The van der Waals surface area contributed by atoms with E-state index in [1.807, 2.05) is 4.90 Å². The van der Waals surface area contributed by atoms with Gasteiger partial charge in [-0.05, 0) is 15.1 Å². The average Bonchev–Trinajstić information content (AvgIpc) is 2.81. The van der Waals surface area contributed by atoms with Crippen LogP contribution in [-0.2, 0) is 29.5 Å². The number of hydrogen-bond donors (Lipinski definition) is 1. The maximum absolute atomic E-state index is 11.3. The van der Waals surface area contributed by atoms with Gasteiger partial charge in [0.1, 0.15) is 0 Å². The Labute approximate surface area is 103 Å². The average molecular weight is 266 g/mol. The van der Waals surface area contributed by atoms with E-state index in [1.165, 1.54) is 0 Å². The molecule has 0 amide bonds. The molecule has 1 unspecified atom stereocenters. The van der Waals surface area contributed by atoms with Crippen LogP contribution < -0.4 is 5.11 Å². The number of hydrogen-bond acceptors (Lipinski definition) is 9. The van der Waals surface area contributed by atoms with Gasteiger partial charge in [0.25, 0.3) is 0 Å². The fourth-order valence-corrected chi connectivity index (χ4v) is 2.18. The molecular formula is C9H16NO8-. The predicted octanol–water partition coefficient (Wildman–Crippen LogP) is -1.20. The molecule has 0 radical (unpaired) electrons. The lowest BCUT2D eigenvalue weighted by atomic mass is 10.0. The van der Waals surface area contributed by atoms with Crippen molar-refractivity contribution in [3.8, 4) is 0 Å². The molecule has 0 bridgehead atoms. The van der Waals surface area contributed by atoms with Crippen molar-refractivity contribution in [3.63, 3.8) is 0 Å². The van der Waals surface area contributed by atoms with Gasteiger partial charge >= 0.3 is 0 Å². The Morgan fingerprint density at radius 1 is 1.22 bits per heavy atom. The molecule has 9 nitrogen and oxygen atoms in total. The SMILES string of the molecule is [O-]C(CN1CCC2(CC1)OCCO2)OOOOO. The number of ether oxygens (including phenoxy) is 2. The Morgan fingerprint density at radius 3 is 2.50 bits per heavy atom. The van der Waals surface area contributed by atoms with Crippen molar-refractivity contribution in [2.24, 2.45) is 0 Å². The summed E-state index contributed by atoms with van der Waals surface area (Å²) in [7, 11) is 0. The van der Waals surface area contributed by atoms with E-state index in [0.29, 0.717) is 26.3 Å². The van der Waals surface area contributed by atoms with Gasteiger partial charge < -0.3 is 19.5 Å². The Kier molecular flexibility index (Phi) is 5.24. The van der Waals surface area contributed by atoms with E-state index < -0.39 is 12.1 Å². The predicted molar refractivity (Wildman–Crippen MR) is 51.1 cm³/mol. The third-order valence-corrected chi connectivity index (χ3v) is 3.04. The standard InChI is InChI=1S/C9H16NO8/c11-8(15-17-18-16-12)7-10-3-1-9(2-4-10)13-5-6-14-9/h8,12H,1-7H2/q-1. The van der Waals surface area contributed by atoms with E-state index in [1.54, 1.807) is 0 Å². The first-order valence-corrected chi connectivity index (χ1v) is 5.70. The third kappa shape index (κ3) is 3.82. The van der Waals surface area contributed by atoms with E-state index >= 15 is 0 Å². The maximum atomic E-state index is 11.3. The Morgan fingerprint density at radius 2 is 1.89 bits per heavy atom. The number of piperidine rings is 1. The minimum Gasteiger partial charge on any atom is -0.828 e. The largest absolute Gasteiger partial charge is 0.828 e. The van der Waals surface area contributed by atoms with Crippen molar-refractivity contribution >= 4 is 0 Å². The molecule has 2 heterocycles. The molecule has 0 saturated carbocycles. The highest BCUT2D eigenvalue weighted by atomic mass is 17.8. The van der Waals surface area contributed by atoms with Gasteiger partial charge in [-0.25, -0.2) is 10.1 Å². The van der Waals surface area contributed by atoms with Gasteiger partial charge in [0, 0.05) is 38.8 Å². The van der Waals surface area contributed by atoms with E-state index in [2.05, 4.69) is 20.0 Å². The summed E-state index contributed by atoms with van der Waals surface area (Å²) in [5, 5.41) is 29.5. The van der Waals surface area contributed by atoms with Crippen LogP contribution in [0.5, 0.6) is 0 Å². The van der Waals surface area contributed by atoms with Crippen LogP contribution in [0.1, 0.15) is 12.8 Å². The van der Waals surface area contributed by atoms with Gasteiger partial charge in [-0.1, -0.05) is 0 Å². The highest BCUT2D eigenvalue weighted by Crippen LogP contribution is 2.31. The van der Waals surface area contributed by atoms with Gasteiger partial charge in [0.15, 0.2) is 5.79 Å². The smallest absolute Gasteiger partial charge is 0.170 e. The molecule has 106 valence electrons. The fourth-order valence-electron chi connectivity index (χ4n) is 2.18. The van der Waals surface area contributed by atoms with Crippen molar-refractivity contribution in [3.05, 3.63) is 0 Å². The van der Waals surface area contributed by atoms with Crippen molar-refractivity contribution in [2.45, 2.75) is 24.9 Å². The van der Waals surface area contributed by atoms with Gasteiger partial charge in [0.05, 0.1) is 13.2 Å². The molecule has 2 saturated heterocycles. The lowest BCUT2D eigenvalue weighted by Gasteiger charge is -2.39. The first-order chi connectivity index (χ1) is 8.74. The molecule has 1 N–H and O–H groups in total. The van der Waals surface area contributed by atoms with E-state index in [4.69, 9.17) is 14.7 Å². The monoisotopic (exact) mass is 266 g/mol. The number of likely N-dealkylation sites (tertiary alicyclic amines) is 1. The summed E-state index contributed by atoms with van der Waals surface area (Å²) in [6, 6.07) is 0. The molecule has 0 aromatic rings. The van der Waals surface area contributed by atoms with E-state index in [9.17, 15) is 5.11 Å². The van der Waals surface area contributed by atoms with Gasteiger partial charge in [-0.2, -0.15) is 0 Å². The van der Waals surface area contributed by atoms with Crippen LogP contribution in [0.3, 0.4) is 0 Å². The molecule has 2 aliphatic heterocycles. The van der Waals surface area contributed by atoms with Crippen LogP contribution in [0, 0.1) is 0 Å². The highest BCUT2D eigenvalue weighted by molar-refractivity contribution is 4.82. The minimum atomic E-state index is -1.46. The summed E-state index contributed by atoms with van der Waals surface area (Å²) in [6.07, 6.45) is -0.0205. The third-order valence-electron chi connectivity index (χ3n) is 3.04. The Balaban J connectivity index is 1.63. The van der Waals surface area contributed by atoms with Crippen LogP contribution in [0.15, 0.2) is 0 Å². The lowest BCUT2D eigenvalue weighted by molar-refractivity contribution is -0.736. The minimum absolute atomic E-state index is 0.130. The zero-order valence-electron chi connectivity index (χ0n) is 9.78. The van der Waals surface area contributed by atoms with Crippen molar-refractivity contribution in [1.29, 1.82) is 0 Å². The van der Waals surface area contributed by atoms with E-state index in [0.717, 1.165) is 12.8 Å². The quantitative estimate of drug-likeness (QED) is 0.275.